The van der Waals surface area contributed by atoms with Gasteiger partial charge in [0.05, 0.1) is 12.1 Å². The molecule has 1 aromatic heterocycles. The Morgan fingerprint density at radius 2 is 2.10 bits per heavy atom. The maximum atomic E-state index is 12.2. The number of hydrogen-bond acceptors (Lipinski definition) is 6. The number of anilines is 1. The molecule has 6 nitrogen and oxygen atoms in total. The maximum absolute atomic E-state index is 12.2. The number of piperidine rings is 1. The van der Waals surface area contributed by atoms with Gasteiger partial charge in [-0.2, -0.15) is 0 Å². The number of nitrogens with zero attached hydrogens (tertiary/aromatic N) is 3. The number of rotatable bonds is 3. The van der Waals surface area contributed by atoms with E-state index in [-0.39, 0.29) is 18.6 Å². The largest absolute Gasteiger partial charge is 0.522 e. The molecule has 1 N–H and O–H groups in total. The zero-order valence-electron chi connectivity index (χ0n) is 11.4. The van der Waals surface area contributed by atoms with E-state index >= 15 is 0 Å². The van der Waals surface area contributed by atoms with Crippen LogP contribution in [0.1, 0.15) is 37.6 Å². The summed E-state index contributed by atoms with van der Waals surface area (Å²) in [7, 11) is 0. The van der Waals surface area contributed by atoms with Crippen LogP contribution in [0.2, 0.25) is 0 Å². The molecule has 0 aliphatic carbocycles. The van der Waals surface area contributed by atoms with Gasteiger partial charge in [-0.1, -0.05) is 11.5 Å². The molecule has 3 heterocycles. The second kappa shape index (κ2) is 5.80. The van der Waals surface area contributed by atoms with Crippen LogP contribution in [0.25, 0.3) is 0 Å². The van der Waals surface area contributed by atoms with E-state index in [4.69, 9.17) is 4.42 Å². The Labute approximate surface area is 119 Å². The van der Waals surface area contributed by atoms with Crippen LogP contribution < -0.4 is 10.2 Å². The first-order chi connectivity index (χ1) is 10.0. The summed E-state index contributed by atoms with van der Waals surface area (Å²) in [5, 5.41) is 11.2. The Kier molecular flexibility index (Phi) is 4.03. The van der Waals surface area contributed by atoms with Gasteiger partial charge < -0.3 is 14.6 Å². The molecule has 2 saturated heterocycles. The predicted molar refractivity (Wildman–Crippen MR) is 66.7 cm³/mol. The summed E-state index contributed by atoms with van der Waals surface area (Å²) >= 11 is 0. The van der Waals surface area contributed by atoms with Crippen LogP contribution in [0.4, 0.5) is 19.2 Å². The minimum absolute atomic E-state index is 0.0461. The Balaban J connectivity index is 1.59. The first-order valence-electron chi connectivity index (χ1n) is 7.07. The molecule has 2 aliphatic rings. The van der Waals surface area contributed by atoms with Gasteiger partial charge in [0.2, 0.25) is 5.89 Å². The summed E-state index contributed by atoms with van der Waals surface area (Å²) in [5.74, 6) is 0.505. The van der Waals surface area contributed by atoms with Crippen LogP contribution in [0.15, 0.2) is 4.42 Å². The van der Waals surface area contributed by atoms with Gasteiger partial charge in [0.15, 0.2) is 0 Å². The second-order valence-corrected chi connectivity index (χ2v) is 5.35. The van der Waals surface area contributed by atoms with Crippen molar-refractivity contribution in [3.8, 4) is 0 Å². The van der Waals surface area contributed by atoms with E-state index in [0.29, 0.717) is 18.9 Å². The Morgan fingerprint density at radius 1 is 1.24 bits per heavy atom. The van der Waals surface area contributed by atoms with Crippen LogP contribution in [0.3, 0.4) is 0 Å². The van der Waals surface area contributed by atoms with Crippen molar-refractivity contribution in [2.75, 3.05) is 24.5 Å². The third kappa shape index (κ3) is 3.65. The zero-order chi connectivity index (χ0) is 14.9. The summed E-state index contributed by atoms with van der Waals surface area (Å²) in [6.45, 7) is 1.44. The van der Waals surface area contributed by atoms with Crippen molar-refractivity contribution in [3.05, 3.63) is 5.89 Å². The van der Waals surface area contributed by atoms with Gasteiger partial charge in [0.1, 0.15) is 0 Å². The minimum atomic E-state index is -4.60. The van der Waals surface area contributed by atoms with E-state index in [9.17, 15) is 13.2 Å². The molecule has 2 aliphatic heterocycles. The van der Waals surface area contributed by atoms with E-state index in [1.54, 1.807) is 4.90 Å². The predicted octanol–water partition coefficient (Wildman–Crippen LogP) is 2.00. The lowest BCUT2D eigenvalue weighted by molar-refractivity contribution is -0.339. The third-order valence-corrected chi connectivity index (χ3v) is 3.75. The molecule has 2 atom stereocenters. The fourth-order valence-corrected chi connectivity index (χ4v) is 2.74. The smallest absolute Gasteiger partial charge is 0.406 e. The second-order valence-electron chi connectivity index (χ2n) is 5.35. The maximum Gasteiger partial charge on any atom is 0.522 e. The molecule has 0 unspecified atom stereocenters. The molecule has 21 heavy (non-hydrogen) atoms. The molecule has 2 fully saturated rings. The van der Waals surface area contributed by atoms with Crippen molar-refractivity contribution in [2.24, 2.45) is 0 Å². The van der Waals surface area contributed by atoms with Crippen molar-refractivity contribution in [2.45, 2.75) is 44.2 Å². The van der Waals surface area contributed by atoms with Gasteiger partial charge >= 0.3 is 12.4 Å². The highest BCUT2D eigenvalue weighted by Gasteiger charge is 2.37. The molecule has 0 aromatic carbocycles. The molecule has 9 heteroatoms. The highest BCUT2D eigenvalue weighted by Crippen LogP contribution is 2.28. The Hall–Kier alpha value is -1.35. The lowest BCUT2D eigenvalue weighted by atomic mass is 10.1. The molecule has 0 saturated carbocycles. The van der Waals surface area contributed by atoms with Gasteiger partial charge in [-0.25, -0.2) is 0 Å². The zero-order valence-corrected chi connectivity index (χ0v) is 11.4. The topological polar surface area (TPSA) is 63.4 Å². The number of aromatic nitrogens is 2. The average Bonchev–Trinajstić information content (AvgIpc) is 3.06. The molecule has 1 aromatic rings. The van der Waals surface area contributed by atoms with E-state index in [1.807, 2.05) is 0 Å². The number of ether oxygens (including phenoxy) is 1. The van der Waals surface area contributed by atoms with Gasteiger partial charge in [0, 0.05) is 13.1 Å². The van der Waals surface area contributed by atoms with Crippen molar-refractivity contribution >= 4 is 6.01 Å². The summed E-state index contributed by atoms with van der Waals surface area (Å²) in [4.78, 5) is 1.63. The molecular formula is C12H17F3N4O2. The van der Waals surface area contributed by atoms with E-state index in [0.717, 1.165) is 25.8 Å². The normalized spacial score (nSPS) is 27.3. The number of hydrogen-bond donors (Lipinski definition) is 1. The molecule has 3 rings (SSSR count). The number of alkyl halides is 3. The van der Waals surface area contributed by atoms with Crippen molar-refractivity contribution in [1.82, 2.24) is 15.5 Å². The van der Waals surface area contributed by atoms with Crippen molar-refractivity contribution in [1.29, 1.82) is 0 Å². The standard InChI is InChI=1S/C12H17F3N4O2/c13-12(14,15)21-8-4-6-19(7-8)11-18-17-10(20-11)9-3-1-2-5-16-9/h8-9,16H,1-7H2/t8-,9-/m1/s1. The molecular weight excluding hydrogens is 289 g/mol. The molecule has 118 valence electrons. The lowest BCUT2D eigenvalue weighted by Crippen LogP contribution is -2.28. The van der Waals surface area contributed by atoms with Gasteiger partial charge in [-0.05, 0) is 25.8 Å². The first kappa shape index (κ1) is 14.6. The van der Waals surface area contributed by atoms with Crippen molar-refractivity contribution in [3.63, 3.8) is 0 Å². The fourth-order valence-electron chi connectivity index (χ4n) is 2.74. The minimum Gasteiger partial charge on any atom is -0.406 e. The SMILES string of the molecule is FC(F)(F)O[C@@H]1CCN(c2nnc([C@H]3CCCCN3)o2)C1. The highest BCUT2D eigenvalue weighted by atomic mass is 19.4. The Bertz CT molecular complexity index is 473. The highest BCUT2D eigenvalue weighted by molar-refractivity contribution is 5.27. The monoisotopic (exact) mass is 306 g/mol. The number of halogens is 3. The van der Waals surface area contributed by atoms with Crippen LogP contribution in [0.5, 0.6) is 0 Å². The fraction of sp³-hybridized carbons (Fsp3) is 0.833. The third-order valence-electron chi connectivity index (χ3n) is 3.75. The molecule has 0 amide bonds. The van der Waals surface area contributed by atoms with Crippen LogP contribution in [-0.2, 0) is 4.74 Å². The summed E-state index contributed by atoms with van der Waals surface area (Å²) in [6, 6.07) is 0.315. The molecule has 0 radical (unpaired) electrons. The van der Waals surface area contributed by atoms with Crippen LogP contribution >= 0.6 is 0 Å². The van der Waals surface area contributed by atoms with Gasteiger partial charge in [-0.3, -0.25) is 4.74 Å². The number of nitrogens with one attached hydrogen (secondary N) is 1. The quantitative estimate of drug-likeness (QED) is 0.921. The first-order valence-corrected chi connectivity index (χ1v) is 7.07. The van der Waals surface area contributed by atoms with Crippen LogP contribution in [0, 0.1) is 0 Å². The Morgan fingerprint density at radius 3 is 2.81 bits per heavy atom. The summed E-state index contributed by atoms with van der Waals surface area (Å²) in [6.07, 6.45) is -2.04. The summed E-state index contributed by atoms with van der Waals surface area (Å²) < 4.78 is 46.2. The van der Waals surface area contributed by atoms with Gasteiger partial charge in [-0.15, -0.1) is 18.3 Å². The summed E-state index contributed by atoms with van der Waals surface area (Å²) in [5.41, 5.74) is 0. The van der Waals surface area contributed by atoms with Crippen molar-refractivity contribution < 1.29 is 22.3 Å². The average molecular weight is 306 g/mol. The van der Waals surface area contributed by atoms with Gasteiger partial charge in [0.25, 0.3) is 0 Å². The molecule has 0 bridgehead atoms. The molecule has 0 spiro atoms. The van der Waals surface area contributed by atoms with Crippen LogP contribution in [-0.4, -0.2) is 42.3 Å². The van der Waals surface area contributed by atoms with E-state index in [1.165, 1.54) is 0 Å². The van der Waals surface area contributed by atoms with E-state index < -0.39 is 12.5 Å². The van der Waals surface area contributed by atoms with E-state index in [2.05, 4.69) is 20.3 Å². The lowest BCUT2D eigenvalue weighted by Gasteiger charge is -2.20.